The van der Waals surface area contributed by atoms with Gasteiger partial charge in [-0.2, -0.15) is 0 Å². The lowest BCUT2D eigenvalue weighted by molar-refractivity contribution is -0.385. The Morgan fingerprint density at radius 1 is 0.645 bits per heavy atom. The maximum absolute atomic E-state index is 14.4. The zero-order valence-corrected chi connectivity index (χ0v) is 34.7. The molecular formula is C40H28Cl4F2N6O10. The standard InChI is InChI=1S/C17H11ClFN3O5.C11H9ClN2O2.C6H3ClFNO3.C6H5Cl/c1-26-14-7-10-8(6-9(14)17(20)23)12(4-5-21-10)27-13-3-2-11(22(24)25)15(18)16(13)19;1-16-10-5-9-6(4-7(10)11(13)15)8(12)2-3-14-9;7-5-3(9(11)12)1-2-4(10)6(5)8;7-6-4-2-1-3-5-6/h2-7H,1H3,(H2,20,23);2-5H,1H3,(H2,13,15);1-2,10H;1-5H. The normalized spacial score (nSPS) is 10.2. The summed E-state index contributed by atoms with van der Waals surface area (Å²) in [6.07, 6.45) is 3.00. The Kier molecular flexibility index (Phi) is 16.4. The predicted octanol–water partition coefficient (Wildman–Crippen LogP) is 10.3. The fourth-order valence-corrected chi connectivity index (χ4v) is 5.85. The highest BCUT2D eigenvalue weighted by atomic mass is 35.5. The second-order valence-electron chi connectivity index (χ2n) is 11.8. The van der Waals surface area contributed by atoms with Gasteiger partial charge in [0.1, 0.15) is 17.2 Å². The number of amides is 2. The molecule has 2 amide bonds. The van der Waals surface area contributed by atoms with Crippen LogP contribution in [0.15, 0.2) is 103 Å². The molecular weight excluding hydrogens is 904 g/mol. The number of carbonyl (C=O) groups excluding carboxylic acids is 2. The van der Waals surface area contributed by atoms with Gasteiger partial charge in [0, 0.05) is 52.5 Å². The summed E-state index contributed by atoms with van der Waals surface area (Å²) in [4.78, 5) is 50.5. The first kappa shape index (κ1) is 47.6. The zero-order chi connectivity index (χ0) is 45.8. The van der Waals surface area contributed by atoms with Gasteiger partial charge in [0.15, 0.2) is 33.2 Å². The average molecular weight is 933 g/mol. The molecule has 2 aromatic heterocycles. The number of phenols is 1. The van der Waals surface area contributed by atoms with Crippen LogP contribution in [0.1, 0.15) is 20.7 Å². The van der Waals surface area contributed by atoms with E-state index in [4.69, 9.17) is 77.2 Å². The molecule has 0 saturated carbocycles. The van der Waals surface area contributed by atoms with Crippen molar-refractivity contribution in [2.24, 2.45) is 11.5 Å². The van der Waals surface area contributed by atoms with Gasteiger partial charge in [-0.25, -0.2) is 8.78 Å². The van der Waals surface area contributed by atoms with Crippen LogP contribution >= 0.6 is 46.4 Å². The molecule has 0 radical (unpaired) electrons. The lowest BCUT2D eigenvalue weighted by Crippen LogP contribution is -2.12. The first-order valence-corrected chi connectivity index (χ1v) is 18.4. The van der Waals surface area contributed by atoms with Gasteiger partial charge in [-0.1, -0.05) is 64.6 Å². The van der Waals surface area contributed by atoms with Crippen molar-refractivity contribution in [2.75, 3.05) is 14.2 Å². The molecule has 5 N–H and O–H groups in total. The number of aromatic hydroxyl groups is 1. The number of carbonyl (C=O) groups is 2. The summed E-state index contributed by atoms with van der Waals surface area (Å²) in [7, 11) is 2.85. The van der Waals surface area contributed by atoms with Crippen LogP contribution in [-0.2, 0) is 0 Å². The molecule has 16 nitrogen and oxygen atoms in total. The number of nitro benzene ring substituents is 2. The average Bonchev–Trinajstić information content (AvgIpc) is 3.24. The van der Waals surface area contributed by atoms with Gasteiger partial charge in [0.25, 0.3) is 23.2 Å². The minimum Gasteiger partial charge on any atom is -0.505 e. The second kappa shape index (κ2) is 21.4. The van der Waals surface area contributed by atoms with Crippen molar-refractivity contribution in [2.45, 2.75) is 0 Å². The van der Waals surface area contributed by atoms with E-state index in [0.29, 0.717) is 38.1 Å². The number of fused-ring (bicyclic) bond motifs is 2. The minimum absolute atomic E-state index is 0.0880. The number of benzene rings is 5. The number of rotatable bonds is 8. The van der Waals surface area contributed by atoms with Crippen molar-refractivity contribution in [3.63, 3.8) is 0 Å². The summed E-state index contributed by atoms with van der Waals surface area (Å²) in [6.45, 7) is 0. The van der Waals surface area contributed by atoms with E-state index in [1.54, 1.807) is 24.4 Å². The summed E-state index contributed by atoms with van der Waals surface area (Å²) in [5.41, 5.74) is 10.9. The molecule has 22 heteroatoms. The zero-order valence-electron chi connectivity index (χ0n) is 31.6. The van der Waals surface area contributed by atoms with Crippen molar-refractivity contribution in [3.05, 3.63) is 166 Å². The number of phenolic OH excluding ortho intramolecular Hbond substituents is 1. The number of ether oxygens (including phenoxy) is 3. The van der Waals surface area contributed by atoms with Gasteiger partial charge in [-0.05, 0) is 48.5 Å². The van der Waals surface area contributed by atoms with Crippen LogP contribution in [-0.4, -0.2) is 51.0 Å². The Morgan fingerprint density at radius 2 is 1.13 bits per heavy atom. The van der Waals surface area contributed by atoms with Crippen LogP contribution in [0.3, 0.4) is 0 Å². The minimum atomic E-state index is -1.18. The maximum atomic E-state index is 14.4. The van der Waals surface area contributed by atoms with E-state index in [1.165, 1.54) is 38.6 Å². The molecule has 0 aliphatic carbocycles. The third-order valence-electron chi connectivity index (χ3n) is 7.98. The lowest BCUT2D eigenvalue weighted by atomic mass is 10.1. The van der Waals surface area contributed by atoms with Crippen LogP contribution in [0, 0.1) is 31.9 Å². The summed E-state index contributed by atoms with van der Waals surface area (Å²) in [6, 6.07) is 22.6. The fraction of sp³-hybridized carbons (Fsp3) is 0.0500. The number of hydrogen-bond acceptors (Lipinski definition) is 12. The Bertz CT molecular complexity index is 2830. The quantitative estimate of drug-likeness (QED) is 0.0951. The van der Waals surface area contributed by atoms with Crippen molar-refractivity contribution in [1.29, 1.82) is 0 Å². The summed E-state index contributed by atoms with van der Waals surface area (Å²) in [5.74, 6) is -3.80. The van der Waals surface area contributed by atoms with Crippen molar-refractivity contribution in [1.82, 2.24) is 9.97 Å². The van der Waals surface area contributed by atoms with Crippen molar-refractivity contribution >= 4 is 91.4 Å². The first-order chi connectivity index (χ1) is 29.4. The summed E-state index contributed by atoms with van der Waals surface area (Å²) >= 11 is 22.5. The SMILES string of the molecule is COc1cc2nccc(Cl)c2cc1C(N)=O.COc1cc2nccc(Oc3ccc([N+](=O)[O-])c(Cl)c3F)c2cc1C(N)=O.Clc1ccccc1.O=[N+]([O-])c1ccc(O)c(F)c1Cl. The Morgan fingerprint density at radius 3 is 1.61 bits per heavy atom. The summed E-state index contributed by atoms with van der Waals surface area (Å²) in [5, 5.41) is 30.7. The first-order valence-electron chi connectivity index (χ1n) is 16.9. The number of nitrogens with two attached hydrogens (primary N) is 2. The number of nitro groups is 2. The molecule has 0 aliphatic rings. The van der Waals surface area contributed by atoms with E-state index < -0.39 is 60.5 Å². The molecule has 7 aromatic rings. The lowest BCUT2D eigenvalue weighted by Gasteiger charge is -2.12. The molecule has 320 valence electrons. The van der Waals surface area contributed by atoms with E-state index in [0.717, 1.165) is 29.3 Å². The maximum Gasteiger partial charge on any atom is 0.291 e. The van der Waals surface area contributed by atoms with Gasteiger partial charge in [0.05, 0.1) is 51.2 Å². The van der Waals surface area contributed by atoms with Crippen LogP contribution in [0.2, 0.25) is 20.1 Å². The van der Waals surface area contributed by atoms with E-state index in [9.17, 15) is 38.6 Å². The summed E-state index contributed by atoms with van der Waals surface area (Å²) < 4.78 is 42.8. The van der Waals surface area contributed by atoms with Crippen LogP contribution in [0.4, 0.5) is 20.2 Å². The highest BCUT2D eigenvalue weighted by Crippen LogP contribution is 2.38. The number of halogens is 6. The molecule has 0 fully saturated rings. The van der Waals surface area contributed by atoms with Gasteiger partial charge in [0.2, 0.25) is 0 Å². The second-order valence-corrected chi connectivity index (χ2v) is 13.4. The highest BCUT2D eigenvalue weighted by Gasteiger charge is 2.22. The molecule has 0 bridgehead atoms. The van der Waals surface area contributed by atoms with Gasteiger partial charge >= 0.3 is 0 Å². The van der Waals surface area contributed by atoms with E-state index in [-0.39, 0.29) is 22.8 Å². The number of nitrogens with zero attached hydrogens (tertiary/aromatic N) is 4. The molecule has 0 saturated heterocycles. The molecule has 0 atom stereocenters. The van der Waals surface area contributed by atoms with Crippen LogP contribution in [0.25, 0.3) is 21.8 Å². The topological polar surface area (TPSA) is 246 Å². The van der Waals surface area contributed by atoms with Gasteiger partial charge in [-0.15, -0.1) is 0 Å². The van der Waals surface area contributed by atoms with Crippen LogP contribution in [0.5, 0.6) is 28.7 Å². The number of primary amides is 2. The largest absolute Gasteiger partial charge is 0.505 e. The monoisotopic (exact) mass is 930 g/mol. The molecule has 5 aromatic carbocycles. The fourth-order valence-electron chi connectivity index (χ4n) is 5.04. The van der Waals surface area contributed by atoms with Crippen molar-refractivity contribution < 1.29 is 47.5 Å². The third kappa shape index (κ3) is 11.6. The smallest absolute Gasteiger partial charge is 0.291 e. The van der Waals surface area contributed by atoms with Gasteiger partial charge in [-0.3, -0.25) is 39.8 Å². The van der Waals surface area contributed by atoms with E-state index in [2.05, 4.69) is 9.97 Å². The Balaban J connectivity index is 0.000000204. The van der Waals surface area contributed by atoms with Gasteiger partial charge < -0.3 is 30.8 Å². The predicted molar refractivity (Wildman–Crippen MR) is 228 cm³/mol. The highest BCUT2D eigenvalue weighted by molar-refractivity contribution is 6.35. The Hall–Kier alpha value is -7.12. The number of hydrogen-bond donors (Lipinski definition) is 3. The molecule has 62 heavy (non-hydrogen) atoms. The number of pyridine rings is 2. The molecule has 0 unspecified atom stereocenters. The molecule has 7 rings (SSSR count). The molecule has 0 aliphatic heterocycles. The Labute approximate surface area is 368 Å². The third-order valence-corrected chi connectivity index (χ3v) is 9.28. The van der Waals surface area contributed by atoms with E-state index in [1.807, 2.05) is 30.3 Å². The molecule has 0 spiro atoms. The molecule has 2 heterocycles. The number of aromatic nitrogens is 2. The number of methoxy groups -OCH3 is 2. The van der Waals surface area contributed by atoms with E-state index >= 15 is 0 Å². The van der Waals surface area contributed by atoms with Crippen molar-refractivity contribution in [3.8, 4) is 28.7 Å². The van der Waals surface area contributed by atoms with Crippen LogP contribution < -0.4 is 25.7 Å².